The molecule has 6 atom stereocenters. The van der Waals surface area contributed by atoms with Crippen molar-refractivity contribution in [2.75, 3.05) is 6.61 Å². The van der Waals surface area contributed by atoms with E-state index in [9.17, 15) is 43.3 Å². The van der Waals surface area contributed by atoms with Crippen LogP contribution in [-0.4, -0.2) is 69.0 Å². The number of phosphoric ester groups is 1. The fourth-order valence-electron chi connectivity index (χ4n) is 3.64. The summed E-state index contributed by atoms with van der Waals surface area (Å²) in [5.41, 5.74) is -1.06. The van der Waals surface area contributed by atoms with E-state index < -0.39 is 65.9 Å². The number of fused-ring (bicyclic) bond motifs is 1. The highest BCUT2D eigenvalue weighted by Gasteiger charge is 2.47. The molecule has 19 nitrogen and oxygen atoms in total. The van der Waals surface area contributed by atoms with Gasteiger partial charge in [0, 0.05) is 17.6 Å². The standard InChI is InChI=1S/C17H20N3O16P3/c21-13-5-6-19(17(24)20(13)7-10-9-3-1-2-4-11(9)34-18-10)16-15(23)14(22)12(33-16)8-32-38(28,29)36-39(30,31)35-37(25,26)27/h1-6,12,14-16,22-23H,7-8H2,(H,28,29)(H,30,31)(H2,25,26,27). The van der Waals surface area contributed by atoms with Gasteiger partial charge < -0.3 is 39.0 Å². The van der Waals surface area contributed by atoms with E-state index in [2.05, 4.69) is 18.3 Å². The van der Waals surface area contributed by atoms with Crippen molar-refractivity contribution in [3.05, 3.63) is 63.1 Å². The van der Waals surface area contributed by atoms with Crippen molar-refractivity contribution in [2.45, 2.75) is 31.1 Å². The summed E-state index contributed by atoms with van der Waals surface area (Å²) >= 11 is 0. The van der Waals surface area contributed by atoms with Crippen LogP contribution in [0.3, 0.4) is 0 Å². The summed E-state index contributed by atoms with van der Waals surface area (Å²) in [4.78, 5) is 61.5. The minimum absolute atomic E-state index is 0.254. The summed E-state index contributed by atoms with van der Waals surface area (Å²) in [7, 11) is -16.9. The lowest BCUT2D eigenvalue weighted by molar-refractivity contribution is -0.0547. The molecule has 214 valence electrons. The summed E-state index contributed by atoms with van der Waals surface area (Å²) in [6.07, 6.45) is -5.98. The monoisotopic (exact) mass is 615 g/mol. The van der Waals surface area contributed by atoms with Crippen molar-refractivity contribution in [2.24, 2.45) is 0 Å². The van der Waals surface area contributed by atoms with E-state index in [0.717, 1.165) is 21.4 Å². The quantitative estimate of drug-likeness (QED) is 0.152. The van der Waals surface area contributed by atoms with Gasteiger partial charge in [-0.25, -0.2) is 18.5 Å². The van der Waals surface area contributed by atoms with Crippen LogP contribution in [-0.2, 0) is 38.1 Å². The van der Waals surface area contributed by atoms with Gasteiger partial charge in [-0.1, -0.05) is 17.3 Å². The maximum atomic E-state index is 13.1. The van der Waals surface area contributed by atoms with E-state index in [0.29, 0.717) is 11.0 Å². The predicted octanol–water partition coefficient (Wildman–Crippen LogP) is -0.838. The van der Waals surface area contributed by atoms with Gasteiger partial charge in [0.2, 0.25) is 0 Å². The van der Waals surface area contributed by atoms with Crippen molar-refractivity contribution in [1.29, 1.82) is 0 Å². The second-order valence-corrected chi connectivity index (χ2v) is 12.4. The van der Waals surface area contributed by atoms with Gasteiger partial charge in [0.15, 0.2) is 11.8 Å². The molecular formula is C17H20N3O16P3. The number of hydrogen-bond acceptors (Lipinski definition) is 13. The maximum Gasteiger partial charge on any atom is 0.490 e. The van der Waals surface area contributed by atoms with Gasteiger partial charge in [0.05, 0.1) is 13.2 Å². The molecule has 4 rings (SSSR count). The van der Waals surface area contributed by atoms with Crippen molar-refractivity contribution in [3.63, 3.8) is 0 Å². The molecule has 0 saturated carbocycles. The Morgan fingerprint density at radius 1 is 0.949 bits per heavy atom. The Hall–Kier alpha value is -2.34. The Morgan fingerprint density at radius 2 is 1.64 bits per heavy atom. The zero-order valence-corrected chi connectivity index (χ0v) is 21.8. The Kier molecular flexibility index (Phi) is 8.29. The van der Waals surface area contributed by atoms with Crippen LogP contribution in [0.5, 0.6) is 0 Å². The Morgan fingerprint density at radius 3 is 2.33 bits per heavy atom. The van der Waals surface area contributed by atoms with Crippen LogP contribution < -0.4 is 11.2 Å². The van der Waals surface area contributed by atoms with Gasteiger partial charge in [0.1, 0.15) is 24.0 Å². The lowest BCUT2D eigenvalue weighted by atomic mass is 10.1. The maximum absolute atomic E-state index is 13.1. The number of ether oxygens (including phenoxy) is 1. The van der Waals surface area contributed by atoms with Crippen molar-refractivity contribution < 1.29 is 65.9 Å². The first-order valence-corrected chi connectivity index (χ1v) is 15.0. The zero-order valence-electron chi connectivity index (χ0n) is 19.1. The van der Waals surface area contributed by atoms with Gasteiger partial charge in [-0.05, 0) is 12.1 Å². The van der Waals surface area contributed by atoms with Gasteiger partial charge >= 0.3 is 29.2 Å². The number of nitrogens with zero attached hydrogens (tertiary/aromatic N) is 3. The van der Waals surface area contributed by atoms with Crippen LogP contribution in [0.25, 0.3) is 11.0 Å². The van der Waals surface area contributed by atoms with Gasteiger partial charge in [-0.15, -0.1) is 0 Å². The number of para-hydroxylation sites is 1. The summed E-state index contributed by atoms with van der Waals surface area (Å²) < 4.78 is 57.7. The van der Waals surface area contributed by atoms with E-state index >= 15 is 0 Å². The number of aromatic nitrogens is 3. The molecule has 6 unspecified atom stereocenters. The number of aliphatic hydroxyl groups is 2. The van der Waals surface area contributed by atoms with Gasteiger partial charge in [-0.3, -0.25) is 18.5 Å². The molecule has 0 radical (unpaired) electrons. The fourth-order valence-corrected chi connectivity index (χ4v) is 6.67. The highest BCUT2D eigenvalue weighted by atomic mass is 31.3. The number of benzene rings is 1. The first-order valence-electron chi connectivity index (χ1n) is 10.5. The second kappa shape index (κ2) is 10.9. The summed E-state index contributed by atoms with van der Waals surface area (Å²) in [6, 6.07) is 7.66. The molecule has 0 spiro atoms. The van der Waals surface area contributed by atoms with Crippen LogP contribution in [0, 0.1) is 0 Å². The van der Waals surface area contributed by atoms with E-state index in [1.165, 1.54) is 0 Å². The van der Waals surface area contributed by atoms with E-state index in [4.69, 9.17) is 19.0 Å². The van der Waals surface area contributed by atoms with Crippen LogP contribution in [0.1, 0.15) is 11.9 Å². The third-order valence-corrected chi connectivity index (χ3v) is 9.09. The molecule has 3 aromatic rings. The molecule has 1 aromatic carbocycles. The molecule has 3 heterocycles. The lowest BCUT2D eigenvalue weighted by Crippen LogP contribution is -2.43. The molecule has 6 N–H and O–H groups in total. The van der Waals surface area contributed by atoms with Crippen molar-refractivity contribution in [1.82, 2.24) is 14.3 Å². The van der Waals surface area contributed by atoms with Gasteiger partial charge in [0.25, 0.3) is 5.56 Å². The van der Waals surface area contributed by atoms with Crippen LogP contribution in [0.4, 0.5) is 0 Å². The van der Waals surface area contributed by atoms with E-state index in [1.54, 1.807) is 24.3 Å². The highest BCUT2D eigenvalue weighted by molar-refractivity contribution is 7.66. The molecule has 0 aliphatic carbocycles. The summed E-state index contributed by atoms with van der Waals surface area (Å²) in [5.74, 6) is 0. The van der Waals surface area contributed by atoms with E-state index in [1.807, 2.05) is 0 Å². The smallest absolute Gasteiger partial charge is 0.387 e. The molecule has 1 aliphatic heterocycles. The van der Waals surface area contributed by atoms with Crippen LogP contribution in [0.2, 0.25) is 0 Å². The van der Waals surface area contributed by atoms with Crippen molar-refractivity contribution >= 4 is 34.4 Å². The molecule has 1 saturated heterocycles. The third kappa shape index (κ3) is 6.87. The van der Waals surface area contributed by atoms with Gasteiger partial charge in [-0.2, -0.15) is 8.62 Å². The average molecular weight is 615 g/mol. The normalized spacial score (nSPS) is 25.0. The summed E-state index contributed by atoms with van der Waals surface area (Å²) in [6.45, 7) is -1.41. The van der Waals surface area contributed by atoms with Crippen LogP contribution in [0.15, 0.2) is 50.6 Å². The molecule has 1 aliphatic rings. The molecule has 1 fully saturated rings. The van der Waals surface area contributed by atoms with Crippen molar-refractivity contribution in [3.8, 4) is 0 Å². The molecule has 0 amide bonds. The fraction of sp³-hybridized carbons (Fsp3) is 0.353. The second-order valence-electron chi connectivity index (χ2n) is 7.99. The zero-order chi connectivity index (χ0) is 28.8. The topological polar surface area (TPSA) is 280 Å². The molecule has 0 bridgehead atoms. The molecule has 22 heteroatoms. The number of rotatable bonds is 10. The molecule has 39 heavy (non-hydrogen) atoms. The Bertz CT molecular complexity index is 1630. The largest absolute Gasteiger partial charge is 0.490 e. The lowest BCUT2D eigenvalue weighted by Gasteiger charge is -2.19. The number of hydrogen-bond donors (Lipinski definition) is 6. The Labute approximate surface area is 215 Å². The highest BCUT2D eigenvalue weighted by Crippen LogP contribution is 2.66. The minimum Gasteiger partial charge on any atom is -0.387 e. The summed E-state index contributed by atoms with van der Waals surface area (Å²) in [5, 5.41) is 25.2. The average Bonchev–Trinajstić information content (AvgIpc) is 3.34. The number of aliphatic hydroxyl groups excluding tert-OH is 2. The predicted molar refractivity (Wildman–Crippen MR) is 124 cm³/mol. The molecule has 2 aromatic heterocycles. The first-order chi connectivity index (χ1) is 18.1. The number of phosphoric acid groups is 3. The third-order valence-electron chi connectivity index (χ3n) is 5.28. The van der Waals surface area contributed by atoms with Crippen LogP contribution >= 0.6 is 23.5 Å². The first kappa shape index (κ1) is 29.6. The molecular weight excluding hydrogens is 595 g/mol. The SMILES string of the molecule is O=c1ccn(C2OC(COP(=O)(O)OP(=O)(O)OP(=O)(O)O)C(O)C2O)c(=O)n1Cc1noc2ccccc12. The minimum atomic E-state index is -5.78. The Balaban J connectivity index is 1.50. The van der Waals surface area contributed by atoms with E-state index in [-0.39, 0.29) is 12.2 Å².